The molecule has 3 rings (SSSR count). The molecule has 1 aromatic carbocycles. The average Bonchev–Trinajstić information content (AvgIpc) is 3.40. The van der Waals surface area contributed by atoms with Crippen LogP contribution in [0.5, 0.6) is 5.75 Å². The molecule has 1 fully saturated rings. The van der Waals surface area contributed by atoms with Crippen molar-refractivity contribution in [1.82, 2.24) is 25.4 Å². The topological polar surface area (TPSA) is 76.4 Å². The predicted molar refractivity (Wildman–Crippen MR) is 122 cm³/mol. The molecule has 0 atom stereocenters. The van der Waals surface area contributed by atoms with Gasteiger partial charge in [-0.1, -0.05) is 19.1 Å². The summed E-state index contributed by atoms with van der Waals surface area (Å²) in [6, 6.07) is 6.37. The third-order valence-corrected chi connectivity index (χ3v) is 4.72. The van der Waals surface area contributed by atoms with Gasteiger partial charge >= 0.3 is 0 Å². The summed E-state index contributed by atoms with van der Waals surface area (Å²) in [5.41, 5.74) is 2.36. The molecule has 28 heavy (non-hydrogen) atoms. The highest BCUT2D eigenvalue weighted by atomic mass is 127. The smallest absolute Gasteiger partial charge is 0.191 e. The summed E-state index contributed by atoms with van der Waals surface area (Å²) in [5.74, 6) is 3.49. The van der Waals surface area contributed by atoms with Crippen LogP contribution in [0.2, 0.25) is 0 Å². The molecule has 1 aromatic heterocycles. The van der Waals surface area contributed by atoms with Crippen LogP contribution in [0, 0.1) is 12.8 Å². The molecule has 1 saturated carbocycles. The molecular formula is C20H31IN6O. The van der Waals surface area contributed by atoms with Crippen LogP contribution in [0.15, 0.2) is 29.5 Å². The van der Waals surface area contributed by atoms with Gasteiger partial charge in [0.2, 0.25) is 0 Å². The standard InChI is InChI=1S/C20H30N6O.HI/c1-4-19-25-24-14-26(19)10-9-22-20(21-3)23-12-17-8-5-15(2)11-18(17)27-13-16-6-7-16;/h5,8,11,14,16H,4,6-7,9-10,12-13H2,1-3H3,(H2,21,22,23);1H. The van der Waals surface area contributed by atoms with E-state index in [1.807, 2.05) is 0 Å². The molecule has 8 heteroatoms. The zero-order valence-electron chi connectivity index (χ0n) is 16.9. The normalized spacial score (nSPS) is 13.8. The van der Waals surface area contributed by atoms with Crippen LogP contribution in [0.25, 0.3) is 0 Å². The Kier molecular flexibility index (Phi) is 9.01. The van der Waals surface area contributed by atoms with Crippen LogP contribution in [-0.2, 0) is 19.5 Å². The highest BCUT2D eigenvalue weighted by molar-refractivity contribution is 14.0. The summed E-state index contributed by atoms with van der Waals surface area (Å²) in [6.45, 7) is 7.23. The van der Waals surface area contributed by atoms with Gasteiger partial charge in [0.1, 0.15) is 17.9 Å². The summed E-state index contributed by atoms with van der Waals surface area (Å²) < 4.78 is 8.11. The van der Waals surface area contributed by atoms with Crippen molar-refractivity contribution in [3.8, 4) is 5.75 Å². The van der Waals surface area contributed by atoms with Gasteiger partial charge in [0.15, 0.2) is 5.96 Å². The molecule has 7 nitrogen and oxygen atoms in total. The number of guanidine groups is 1. The Bertz CT molecular complexity index is 772. The van der Waals surface area contributed by atoms with Crippen molar-refractivity contribution in [2.45, 2.75) is 46.2 Å². The molecule has 1 heterocycles. The molecule has 0 saturated heterocycles. The van der Waals surface area contributed by atoms with Gasteiger partial charge in [-0.05, 0) is 37.3 Å². The molecule has 0 aliphatic heterocycles. The van der Waals surface area contributed by atoms with Gasteiger partial charge in [-0.2, -0.15) is 0 Å². The lowest BCUT2D eigenvalue weighted by Crippen LogP contribution is -2.38. The lowest BCUT2D eigenvalue weighted by molar-refractivity contribution is 0.296. The number of nitrogens with zero attached hydrogens (tertiary/aromatic N) is 4. The maximum atomic E-state index is 6.05. The Labute approximate surface area is 184 Å². The first-order valence-electron chi connectivity index (χ1n) is 9.73. The predicted octanol–water partition coefficient (Wildman–Crippen LogP) is 2.92. The van der Waals surface area contributed by atoms with E-state index in [-0.39, 0.29) is 24.0 Å². The number of rotatable bonds is 9. The first-order valence-corrected chi connectivity index (χ1v) is 9.73. The molecular weight excluding hydrogens is 467 g/mol. The number of halogens is 1. The van der Waals surface area contributed by atoms with Crippen molar-refractivity contribution in [3.05, 3.63) is 41.5 Å². The first-order chi connectivity index (χ1) is 13.2. The van der Waals surface area contributed by atoms with Crippen LogP contribution < -0.4 is 15.4 Å². The minimum atomic E-state index is 0. The van der Waals surface area contributed by atoms with E-state index >= 15 is 0 Å². The molecule has 0 amide bonds. The van der Waals surface area contributed by atoms with Crippen molar-refractivity contribution in [2.75, 3.05) is 20.2 Å². The van der Waals surface area contributed by atoms with Crippen LogP contribution in [0.4, 0.5) is 0 Å². The fourth-order valence-electron chi connectivity index (χ4n) is 2.87. The zero-order chi connectivity index (χ0) is 19.1. The number of hydrogen-bond acceptors (Lipinski definition) is 4. The molecule has 2 aromatic rings. The maximum absolute atomic E-state index is 6.05. The average molecular weight is 498 g/mol. The summed E-state index contributed by atoms with van der Waals surface area (Å²) in [4.78, 5) is 4.31. The fourth-order valence-corrected chi connectivity index (χ4v) is 2.87. The van der Waals surface area contributed by atoms with Crippen molar-refractivity contribution in [2.24, 2.45) is 10.9 Å². The van der Waals surface area contributed by atoms with E-state index in [2.05, 4.69) is 62.4 Å². The molecule has 1 aliphatic carbocycles. The number of aliphatic imine (C=N–C) groups is 1. The van der Waals surface area contributed by atoms with Crippen LogP contribution in [-0.4, -0.2) is 40.9 Å². The fraction of sp³-hybridized carbons (Fsp3) is 0.550. The summed E-state index contributed by atoms with van der Waals surface area (Å²) >= 11 is 0. The maximum Gasteiger partial charge on any atom is 0.191 e. The minimum Gasteiger partial charge on any atom is -0.493 e. The number of aryl methyl sites for hydroxylation is 2. The largest absolute Gasteiger partial charge is 0.493 e. The van der Waals surface area contributed by atoms with Gasteiger partial charge < -0.3 is 19.9 Å². The third-order valence-electron chi connectivity index (χ3n) is 4.72. The Morgan fingerprint density at radius 3 is 2.86 bits per heavy atom. The Morgan fingerprint density at radius 1 is 1.32 bits per heavy atom. The number of ether oxygens (including phenoxy) is 1. The van der Waals surface area contributed by atoms with Gasteiger partial charge in [-0.15, -0.1) is 34.2 Å². The minimum absolute atomic E-state index is 0. The van der Waals surface area contributed by atoms with Gasteiger partial charge in [-0.3, -0.25) is 4.99 Å². The van der Waals surface area contributed by atoms with E-state index in [1.54, 1.807) is 13.4 Å². The Morgan fingerprint density at radius 2 is 2.14 bits per heavy atom. The molecule has 2 N–H and O–H groups in total. The second-order valence-electron chi connectivity index (χ2n) is 7.01. The molecule has 1 aliphatic rings. The van der Waals surface area contributed by atoms with Gasteiger partial charge in [0.05, 0.1) is 6.61 Å². The molecule has 0 bridgehead atoms. The van der Waals surface area contributed by atoms with Crippen molar-refractivity contribution >= 4 is 29.9 Å². The zero-order valence-corrected chi connectivity index (χ0v) is 19.3. The van der Waals surface area contributed by atoms with Crippen molar-refractivity contribution in [1.29, 1.82) is 0 Å². The lowest BCUT2D eigenvalue weighted by Gasteiger charge is -2.16. The second-order valence-corrected chi connectivity index (χ2v) is 7.01. The monoisotopic (exact) mass is 498 g/mol. The van der Waals surface area contributed by atoms with Gasteiger partial charge in [0.25, 0.3) is 0 Å². The summed E-state index contributed by atoms with van der Waals surface area (Å²) in [5, 5.41) is 14.8. The van der Waals surface area contributed by atoms with E-state index in [9.17, 15) is 0 Å². The second kappa shape index (κ2) is 11.2. The van der Waals surface area contributed by atoms with Crippen molar-refractivity contribution < 1.29 is 4.74 Å². The number of aromatic nitrogens is 3. The highest BCUT2D eigenvalue weighted by Gasteiger charge is 2.22. The van der Waals surface area contributed by atoms with E-state index in [1.165, 1.54) is 18.4 Å². The van der Waals surface area contributed by atoms with Crippen LogP contribution in [0.3, 0.4) is 0 Å². The van der Waals surface area contributed by atoms with Crippen molar-refractivity contribution in [3.63, 3.8) is 0 Å². The highest BCUT2D eigenvalue weighted by Crippen LogP contribution is 2.30. The third kappa shape index (κ3) is 6.65. The molecule has 0 radical (unpaired) electrons. The Hall–Kier alpha value is -1.84. The molecule has 0 spiro atoms. The van der Waals surface area contributed by atoms with Crippen LogP contribution >= 0.6 is 24.0 Å². The van der Waals surface area contributed by atoms with Crippen LogP contribution in [0.1, 0.15) is 36.7 Å². The number of benzene rings is 1. The summed E-state index contributed by atoms with van der Waals surface area (Å²) in [6.07, 6.45) is 5.24. The quantitative estimate of drug-likeness (QED) is 0.316. The first kappa shape index (κ1) is 22.4. The van der Waals surface area contributed by atoms with Gasteiger partial charge in [-0.25, -0.2) is 0 Å². The van der Waals surface area contributed by atoms with E-state index in [0.29, 0.717) is 6.54 Å². The number of hydrogen-bond donors (Lipinski definition) is 2. The van der Waals surface area contributed by atoms with E-state index < -0.39 is 0 Å². The molecule has 0 unspecified atom stereocenters. The summed E-state index contributed by atoms with van der Waals surface area (Å²) in [7, 11) is 1.78. The number of nitrogens with one attached hydrogen (secondary N) is 2. The Balaban J connectivity index is 0.00000280. The lowest BCUT2D eigenvalue weighted by atomic mass is 10.1. The SMILES string of the molecule is CCc1nncn1CCNC(=NC)NCc1ccc(C)cc1OCC1CC1.I. The van der Waals surface area contributed by atoms with E-state index in [0.717, 1.165) is 55.1 Å². The van der Waals surface area contributed by atoms with Gasteiger partial charge in [0, 0.05) is 38.7 Å². The molecule has 154 valence electrons. The van der Waals surface area contributed by atoms with E-state index in [4.69, 9.17) is 4.74 Å².